The molecule has 0 saturated heterocycles. The number of fused-ring (bicyclic) bond motifs is 1. The summed E-state index contributed by atoms with van der Waals surface area (Å²) in [5, 5.41) is 0. The van der Waals surface area contributed by atoms with Gasteiger partial charge >= 0.3 is 0 Å². The minimum Gasteiger partial charge on any atom is -0.230 e. The third-order valence-corrected chi connectivity index (χ3v) is 6.84. The summed E-state index contributed by atoms with van der Waals surface area (Å²) in [7, 11) is 2.16. The van der Waals surface area contributed by atoms with Gasteiger partial charge in [-0.25, -0.2) is 4.57 Å². The average molecular weight is 412 g/mol. The van der Waals surface area contributed by atoms with Gasteiger partial charge in [0.25, 0.3) is 5.82 Å². The van der Waals surface area contributed by atoms with E-state index in [1.54, 1.807) is 0 Å². The highest BCUT2D eigenvalue weighted by molar-refractivity contribution is 5.79. The fourth-order valence-electron chi connectivity index (χ4n) is 4.84. The summed E-state index contributed by atoms with van der Waals surface area (Å²) in [6, 6.07) is 20.3. The summed E-state index contributed by atoms with van der Waals surface area (Å²) < 4.78 is 4.71. The Hall–Kier alpha value is -2.87. The van der Waals surface area contributed by atoms with Crippen molar-refractivity contribution >= 4 is 11.0 Å². The van der Waals surface area contributed by atoms with E-state index in [-0.39, 0.29) is 0 Å². The molecule has 0 radical (unpaired) electrons. The van der Waals surface area contributed by atoms with E-state index >= 15 is 0 Å². The molecule has 2 nitrogen and oxygen atoms in total. The highest BCUT2D eigenvalue weighted by atomic mass is 15.2. The number of aryl methyl sites for hydroxylation is 2. The van der Waals surface area contributed by atoms with Gasteiger partial charge in [-0.15, -0.1) is 0 Å². The van der Waals surface area contributed by atoms with Crippen molar-refractivity contribution in [3.05, 3.63) is 82.7 Å². The smallest absolute Gasteiger partial charge is 0.230 e. The van der Waals surface area contributed by atoms with Crippen LogP contribution in [-0.2, 0) is 7.05 Å². The molecule has 1 heterocycles. The van der Waals surface area contributed by atoms with Crippen molar-refractivity contribution in [1.82, 2.24) is 4.57 Å². The van der Waals surface area contributed by atoms with Crippen molar-refractivity contribution in [2.24, 2.45) is 7.05 Å². The molecule has 0 aliphatic carbocycles. The standard InChI is InChI=1S/C29H35N2/c1-18(2)24-12-11-13-25(19(3)4)29(24)23-16-20(5)21(6)28(17-23)31-22(7)30(8)26-14-9-10-15-27(26)31/h9-19H,1-8H3/q+1. The highest BCUT2D eigenvalue weighted by Gasteiger charge is 2.24. The van der Waals surface area contributed by atoms with Crippen LogP contribution in [0.15, 0.2) is 54.6 Å². The predicted octanol–water partition coefficient (Wildman–Crippen LogP) is 7.29. The van der Waals surface area contributed by atoms with Crippen LogP contribution in [0.4, 0.5) is 0 Å². The Balaban J connectivity index is 2.07. The minimum atomic E-state index is 0.478. The molecule has 0 N–H and O–H groups in total. The topological polar surface area (TPSA) is 8.81 Å². The molecule has 0 saturated carbocycles. The third-order valence-electron chi connectivity index (χ3n) is 6.84. The van der Waals surface area contributed by atoms with Gasteiger partial charge in [-0.2, -0.15) is 4.57 Å². The van der Waals surface area contributed by atoms with Gasteiger partial charge in [-0.3, -0.25) is 0 Å². The van der Waals surface area contributed by atoms with Crippen LogP contribution in [0.1, 0.15) is 67.6 Å². The zero-order valence-electron chi connectivity index (χ0n) is 20.2. The fraction of sp³-hybridized carbons (Fsp3) is 0.345. The number of aromatic nitrogens is 2. The monoisotopic (exact) mass is 411 g/mol. The van der Waals surface area contributed by atoms with Crippen LogP contribution in [0.3, 0.4) is 0 Å². The second-order valence-electron chi connectivity index (χ2n) is 9.49. The van der Waals surface area contributed by atoms with Gasteiger partial charge in [0, 0.05) is 6.92 Å². The number of hydrogen-bond acceptors (Lipinski definition) is 0. The minimum absolute atomic E-state index is 0.478. The van der Waals surface area contributed by atoms with E-state index in [2.05, 4.69) is 119 Å². The maximum Gasteiger partial charge on any atom is 0.259 e. The molecule has 0 spiro atoms. The molecule has 0 bridgehead atoms. The number of nitrogens with zero attached hydrogens (tertiary/aromatic N) is 2. The average Bonchev–Trinajstić information content (AvgIpc) is 3.00. The first kappa shape index (κ1) is 21.4. The molecule has 0 aliphatic rings. The van der Waals surface area contributed by atoms with Crippen molar-refractivity contribution in [3.63, 3.8) is 0 Å². The van der Waals surface area contributed by atoms with E-state index < -0.39 is 0 Å². The van der Waals surface area contributed by atoms with E-state index in [9.17, 15) is 0 Å². The van der Waals surface area contributed by atoms with Crippen LogP contribution in [0.25, 0.3) is 27.8 Å². The second-order valence-corrected chi connectivity index (χ2v) is 9.49. The summed E-state index contributed by atoms with van der Waals surface area (Å²) >= 11 is 0. The third kappa shape index (κ3) is 3.48. The van der Waals surface area contributed by atoms with Crippen molar-refractivity contribution in [3.8, 4) is 16.8 Å². The number of imidazole rings is 1. The van der Waals surface area contributed by atoms with Crippen LogP contribution in [0.5, 0.6) is 0 Å². The Kier molecular flexibility index (Phi) is 5.51. The molecule has 0 amide bonds. The first-order chi connectivity index (χ1) is 14.7. The number of hydrogen-bond donors (Lipinski definition) is 0. The molecule has 0 aliphatic heterocycles. The number of para-hydroxylation sites is 2. The summed E-state index contributed by atoms with van der Waals surface area (Å²) in [6.07, 6.45) is 0. The molecule has 2 heteroatoms. The SMILES string of the molecule is Cc1cc(-c2c(C(C)C)cccc2C(C)C)cc(-n2c(C)[n+](C)c3ccccc32)c1C. The summed E-state index contributed by atoms with van der Waals surface area (Å²) in [6.45, 7) is 15.9. The number of rotatable bonds is 4. The molecule has 0 fully saturated rings. The maximum absolute atomic E-state index is 2.42. The predicted molar refractivity (Wildman–Crippen MR) is 132 cm³/mol. The quantitative estimate of drug-likeness (QED) is 0.312. The van der Waals surface area contributed by atoms with Gasteiger partial charge in [0.05, 0.1) is 7.05 Å². The van der Waals surface area contributed by atoms with Gasteiger partial charge < -0.3 is 0 Å². The zero-order chi connectivity index (χ0) is 22.4. The van der Waals surface area contributed by atoms with Gasteiger partial charge in [0.2, 0.25) is 0 Å². The van der Waals surface area contributed by atoms with E-state index in [4.69, 9.17) is 0 Å². The lowest BCUT2D eigenvalue weighted by Gasteiger charge is -2.21. The fourth-order valence-corrected chi connectivity index (χ4v) is 4.84. The Morgan fingerprint density at radius 1 is 0.774 bits per heavy atom. The van der Waals surface area contributed by atoms with Gasteiger partial charge in [-0.1, -0.05) is 64.1 Å². The van der Waals surface area contributed by atoms with Crippen molar-refractivity contribution in [2.45, 2.75) is 60.3 Å². The van der Waals surface area contributed by atoms with Crippen LogP contribution in [0.2, 0.25) is 0 Å². The Morgan fingerprint density at radius 3 is 2.00 bits per heavy atom. The van der Waals surface area contributed by atoms with Crippen LogP contribution < -0.4 is 4.57 Å². The van der Waals surface area contributed by atoms with Gasteiger partial charge in [0.1, 0.15) is 5.69 Å². The molecule has 0 unspecified atom stereocenters. The molecule has 160 valence electrons. The van der Waals surface area contributed by atoms with Crippen LogP contribution in [-0.4, -0.2) is 4.57 Å². The number of benzene rings is 3. The summed E-state index contributed by atoms with van der Waals surface area (Å²) in [4.78, 5) is 0. The molecule has 1 aromatic heterocycles. The first-order valence-corrected chi connectivity index (χ1v) is 11.4. The van der Waals surface area contributed by atoms with E-state index in [0.29, 0.717) is 11.8 Å². The first-order valence-electron chi connectivity index (χ1n) is 11.4. The Labute approximate surface area is 187 Å². The lowest BCUT2D eigenvalue weighted by Crippen LogP contribution is -2.30. The van der Waals surface area contributed by atoms with Crippen LogP contribution >= 0.6 is 0 Å². The molecule has 0 atom stereocenters. The largest absolute Gasteiger partial charge is 0.259 e. The second kappa shape index (κ2) is 8.00. The Bertz CT molecular complexity index is 1250. The lowest BCUT2D eigenvalue weighted by molar-refractivity contribution is -0.652. The molecule has 3 aromatic carbocycles. The van der Waals surface area contributed by atoms with Crippen molar-refractivity contribution < 1.29 is 4.57 Å². The normalized spacial score (nSPS) is 11.8. The molecular weight excluding hydrogens is 376 g/mol. The van der Waals surface area contributed by atoms with Crippen molar-refractivity contribution in [2.75, 3.05) is 0 Å². The van der Waals surface area contributed by atoms with E-state index in [0.717, 1.165) is 0 Å². The zero-order valence-corrected chi connectivity index (χ0v) is 20.2. The summed E-state index contributed by atoms with van der Waals surface area (Å²) in [5.41, 5.74) is 12.1. The van der Waals surface area contributed by atoms with E-state index in [1.165, 1.54) is 55.9 Å². The Morgan fingerprint density at radius 2 is 1.39 bits per heavy atom. The van der Waals surface area contributed by atoms with Gasteiger partial charge in [0.15, 0.2) is 11.0 Å². The van der Waals surface area contributed by atoms with Crippen molar-refractivity contribution in [1.29, 1.82) is 0 Å². The highest BCUT2D eigenvalue weighted by Crippen LogP contribution is 2.38. The molecule has 31 heavy (non-hydrogen) atoms. The maximum atomic E-state index is 2.42. The van der Waals surface area contributed by atoms with Crippen LogP contribution in [0, 0.1) is 20.8 Å². The molecular formula is C29H35N2+. The van der Waals surface area contributed by atoms with Gasteiger partial charge in [-0.05, 0) is 77.3 Å². The van der Waals surface area contributed by atoms with E-state index in [1.807, 2.05) is 0 Å². The summed E-state index contributed by atoms with van der Waals surface area (Å²) in [5.74, 6) is 2.19. The molecule has 4 aromatic rings. The lowest BCUT2D eigenvalue weighted by atomic mass is 9.84. The molecule has 4 rings (SSSR count).